The van der Waals surface area contributed by atoms with Crippen LogP contribution in [0.1, 0.15) is 19.5 Å². The summed E-state index contributed by atoms with van der Waals surface area (Å²) < 4.78 is 13.1. The van der Waals surface area contributed by atoms with E-state index < -0.39 is 6.10 Å². The Morgan fingerprint density at radius 2 is 1.91 bits per heavy atom. The van der Waals surface area contributed by atoms with Crippen LogP contribution in [0.3, 0.4) is 0 Å². The van der Waals surface area contributed by atoms with E-state index in [1.807, 2.05) is 67.1 Å². The van der Waals surface area contributed by atoms with E-state index in [-0.39, 0.29) is 5.91 Å². The van der Waals surface area contributed by atoms with Crippen molar-refractivity contribution in [3.8, 4) is 22.8 Å². The minimum Gasteiger partial charge on any atom is -0.497 e. The number of carbonyl (C=O) groups excluding carboxylic acids is 1. The van der Waals surface area contributed by atoms with Gasteiger partial charge >= 0.3 is 0 Å². The molecule has 4 aromatic rings. The highest BCUT2D eigenvalue weighted by molar-refractivity contribution is 5.96. The number of methoxy groups -OCH3 is 1. The van der Waals surface area contributed by atoms with Gasteiger partial charge in [-0.05, 0) is 44.0 Å². The van der Waals surface area contributed by atoms with E-state index >= 15 is 0 Å². The second-order valence-corrected chi connectivity index (χ2v) is 7.46. The Labute approximate surface area is 187 Å². The molecule has 7 heteroatoms. The first-order chi connectivity index (χ1) is 15.5. The standard InChI is InChI=1S/C25H26N4O3/c1-5-29-24-23(16(2)28-29)21(18-10-7-6-8-11-18)15-22(27-24)32-17(3)25(30)26-19-12-9-13-20(14-19)31-4/h6-15,17H,5H2,1-4H3,(H,26,30). The maximum absolute atomic E-state index is 12.7. The zero-order valence-corrected chi connectivity index (χ0v) is 18.6. The number of aromatic nitrogens is 3. The monoisotopic (exact) mass is 430 g/mol. The van der Waals surface area contributed by atoms with Crippen molar-refractivity contribution in [3.63, 3.8) is 0 Å². The molecule has 0 aliphatic heterocycles. The fourth-order valence-electron chi connectivity index (χ4n) is 3.64. The number of anilines is 1. The molecule has 0 saturated carbocycles. The molecule has 7 nitrogen and oxygen atoms in total. The largest absolute Gasteiger partial charge is 0.497 e. The Kier molecular flexibility index (Phi) is 6.07. The number of nitrogens with one attached hydrogen (secondary N) is 1. The minimum absolute atomic E-state index is 0.276. The molecule has 0 aliphatic carbocycles. The summed E-state index contributed by atoms with van der Waals surface area (Å²) in [7, 11) is 1.58. The van der Waals surface area contributed by atoms with Crippen molar-refractivity contribution in [1.82, 2.24) is 14.8 Å². The van der Waals surface area contributed by atoms with Crippen LogP contribution in [0.5, 0.6) is 11.6 Å². The van der Waals surface area contributed by atoms with Gasteiger partial charge < -0.3 is 14.8 Å². The van der Waals surface area contributed by atoms with Crippen LogP contribution in [0, 0.1) is 6.92 Å². The van der Waals surface area contributed by atoms with Gasteiger partial charge in [0.15, 0.2) is 11.8 Å². The van der Waals surface area contributed by atoms with Crippen LogP contribution in [-0.4, -0.2) is 33.9 Å². The lowest BCUT2D eigenvalue weighted by Gasteiger charge is -2.16. The summed E-state index contributed by atoms with van der Waals surface area (Å²) in [6.07, 6.45) is -0.756. The SMILES string of the molecule is CCn1nc(C)c2c(-c3ccccc3)cc(OC(C)C(=O)Nc3cccc(OC)c3)nc21. The molecular formula is C25H26N4O3. The van der Waals surface area contributed by atoms with E-state index in [2.05, 4.69) is 15.4 Å². The maximum atomic E-state index is 12.7. The van der Waals surface area contributed by atoms with Crippen LogP contribution in [0.4, 0.5) is 5.69 Å². The van der Waals surface area contributed by atoms with E-state index in [0.717, 1.165) is 27.9 Å². The Morgan fingerprint density at radius 3 is 2.62 bits per heavy atom. The molecular weight excluding hydrogens is 404 g/mol. The quantitative estimate of drug-likeness (QED) is 0.454. The number of ether oxygens (including phenoxy) is 2. The molecule has 32 heavy (non-hydrogen) atoms. The number of carbonyl (C=O) groups is 1. The van der Waals surface area contributed by atoms with Crippen LogP contribution in [0.2, 0.25) is 0 Å². The lowest BCUT2D eigenvalue weighted by molar-refractivity contribution is -0.122. The highest BCUT2D eigenvalue weighted by Crippen LogP contribution is 2.33. The summed E-state index contributed by atoms with van der Waals surface area (Å²) in [4.78, 5) is 17.4. The molecule has 2 aromatic carbocycles. The second kappa shape index (κ2) is 9.09. The molecule has 4 rings (SSSR count). The average Bonchev–Trinajstić information content (AvgIpc) is 3.14. The Morgan fingerprint density at radius 1 is 1.12 bits per heavy atom. The molecule has 2 aromatic heterocycles. The van der Waals surface area contributed by atoms with Gasteiger partial charge in [0.2, 0.25) is 5.88 Å². The van der Waals surface area contributed by atoms with E-state index in [9.17, 15) is 4.79 Å². The lowest BCUT2D eigenvalue weighted by atomic mass is 10.0. The number of benzene rings is 2. The maximum Gasteiger partial charge on any atom is 0.265 e. The molecule has 1 N–H and O–H groups in total. The Hall–Kier alpha value is -3.87. The molecule has 2 heterocycles. The van der Waals surface area contributed by atoms with Crippen molar-refractivity contribution in [3.05, 3.63) is 66.4 Å². The van der Waals surface area contributed by atoms with Crippen molar-refractivity contribution in [2.24, 2.45) is 0 Å². The molecule has 0 bridgehead atoms. The van der Waals surface area contributed by atoms with Crippen molar-refractivity contribution in [1.29, 1.82) is 0 Å². The summed E-state index contributed by atoms with van der Waals surface area (Å²) in [6.45, 7) is 6.38. The summed E-state index contributed by atoms with van der Waals surface area (Å²) >= 11 is 0. The molecule has 1 unspecified atom stereocenters. The summed E-state index contributed by atoms with van der Waals surface area (Å²) in [5.41, 5.74) is 4.29. The fourth-order valence-corrected chi connectivity index (χ4v) is 3.64. The van der Waals surface area contributed by atoms with Gasteiger partial charge in [0.25, 0.3) is 5.91 Å². The third-order valence-corrected chi connectivity index (χ3v) is 5.24. The van der Waals surface area contributed by atoms with Crippen LogP contribution >= 0.6 is 0 Å². The zero-order valence-electron chi connectivity index (χ0n) is 18.6. The fraction of sp³-hybridized carbons (Fsp3) is 0.240. The number of pyridine rings is 1. The number of rotatable bonds is 7. The number of aryl methyl sites for hydroxylation is 2. The van der Waals surface area contributed by atoms with Crippen molar-refractivity contribution < 1.29 is 14.3 Å². The number of hydrogen-bond acceptors (Lipinski definition) is 5. The first-order valence-electron chi connectivity index (χ1n) is 10.5. The third kappa shape index (κ3) is 4.27. The van der Waals surface area contributed by atoms with Gasteiger partial charge in [0.1, 0.15) is 5.75 Å². The predicted molar refractivity (Wildman–Crippen MR) is 125 cm³/mol. The van der Waals surface area contributed by atoms with Gasteiger partial charge in [-0.25, -0.2) is 4.68 Å². The summed E-state index contributed by atoms with van der Waals surface area (Å²) in [6, 6.07) is 19.1. The summed E-state index contributed by atoms with van der Waals surface area (Å²) in [5.74, 6) is 0.764. The van der Waals surface area contributed by atoms with Gasteiger partial charge in [0, 0.05) is 24.4 Å². The smallest absolute Gasteiger partial charge is 0.265 e. The molecule has 0 saturated heterocycles. The topological polar surface area (TPSA) is 78.3 Å². The van der Waals surface area contributed by atoms with Gasteiger partial charge in [-0.2, -0.15) is 10.1 Å². The average molecular weight is 431 g/mol. The van der Waals surface area contributed by atoms with E-state index in [0.29, 0.717) is 23.9 Å². The van der Waals surface area contributed by atoms with E-state index in [1.165, 1.54) is 0 Å². The molecule has 0 spiro atoms. The Balaban J connectivity index is 1.65. The lowest BCUT2D eigenvalue weighted by Crippen LogP contribution is -2.30. The third-order valence-electron chi connectivity index (χ3n) is 5.24. The number of hydrogen-bond donors (Lipinski definition) is 1. The van der Waals surface area contributed by atoms with E-state index in [1.54, 1.807) is 26.2 Å². The second-order valence-electron chi connectivity index (χ2n) is 7.46. The van der Waals surface area contributed by atoms with Crippen LogP contribution < -0.4 is 14.8 Å². The minimum atomic E-state index is -0.756. The molecule has 1 amide bonds. The zero-order chi connectivity index (χ0) is 22.7. The number of nitrogens with zero attached hydrogens (tertiary/aromatic N) is 3. The Bertz CT molecular complexity index is 1250. The van der Waals surface area contributed by atoms with Crippen LogP contribution in [0.25, 0.3) is 22.2 Å². The molecule has 0 radical (unpaired) electrons. The van der Waals surface area contributed by atoms with Gasteiger partial charge in [-0.15, -0.1) is 0 Å². The molecule has 164 valence electrons. The number of fused-ring (bicyclic) bond motifs is 1. The predicted octanol–water partition coefficient (Wildman–Crippen LogP) is 4.84. The van der Waals surface area contributed by atoms with Crippen LogP contribution in [0.15, 0.2) is 60.7 Å². The highest BCUT2D eigenvalue weighted by atomic mass is 16.5. The first-order valence-corrected chi connectivity index (χ1v) is 10.5. The molecule has 1 atom stereocenters. The normalized spacial score (nSPS) is 11.9. The van der Waals surface area contributed by atoms with Gasteiger partial charge in [0.05, 0.1) is 18.2 Å². The van der Waals surface area contributed by atoms with Crippen molar-refractivity contribution >= 4 is 22.6 Å². The summed E-state index contributed by atoms with van der Waals surface area (Å²) in [5, 5.41) is 8.47. The highest BCUT2D eigenvalue weighted by Gasteiger charge is 2.20. The van der Waals surface area contributed by atoms with Gasteiger partial charge in [-0.1, -0.05) is 36.4 Å². The van der Waals surface area contributed by atoms with E-state index in [4.69, 9.17) is 9.47 Å². The number of amides is 1. The van der Waals surface area contributed by atoms with Gasteiger partial charge in [-0.3, -0.25) is 4.79 Å². The molecule has 0 aliphatic rings. The van der Waals surface area contributed by atoms with Crippen LogP contribution in [-0.2, 0) is 11.3 Å². The first kappa shape index (κ1) is 21.4. The van der Waals surface area contributed by atoms with Crippen molar-refractivity contribution in [2.45, 2.75) is 33.4 Å². The molecule has 0 fully saturated rings. The van der Waals surface area contributed by atoms with Crippen molar-refractivity contribution in [2.75, 3.05) is 12.4 Å².